The van der Waals surface area contributed by atoms with Gasteiger partial charge in [0.25, 0.3) is 0 Å². The number of ether oxygens (including phenoxy) is 1. The van der Waals surface area contributed by atoms with Crippen molar-refractivity contribution in [2.24, 2.45) is 17.8 Å². The van der Waals surface area contributed by atoms with Crippen LogP contribution in [0.4, 0.5) is 0 Å². The molecular formula is C15H27O4+. The summed E-state index contributed by atoms with van der Waals surface area (Å²) in [5.74, 6) is -2.10. The first-order chi connectivity index (χ1) is 8.58. The Morgan fingerprint density at radius 3 is 2.11 bits per heavy atom. The molecule has 0 aromatic carbocycles. The maximum absolute atomic E-state index is 12.2. The lowest BCUT2D eigenvalue weighted by atomic mass is 9.83. The summed E-state index contributed by atoms with van der Waals surface area (Å²) >= 11 is 0. The van der Waals surface area contributed by atoms with Gasteiger partial charge >= 0.3 is 11.9 Å². The van der Waals surface area contributed by atoms with Gasteiger partial charge in [0.05, 0.1) is 5.92 Å². The van der Waals surface area contributed by atoms with Gasteiger partial charge in [-0.1, -0.05) is 19.9 Å². The molecule has 4 nitrogen and oxygen atoms in total. The van der Waals surface area contributed by atoms with Crippen LogP contribution in [0.5, 0.6) is 0 Å². The minimum absolute atomic E-state index is 0.244. The Morgan fingerprint density at radius 1 is 1.26 bits per heavy atom. The largest absolute Gasteiger partial charge is 0.565 e. The molecule has 0 radical (unpaired) electrons. The van der Waals surface area contributed by atoms with Crippen LogP contribution in [0.3, 0.4) is 0 Å². The number of hydrogen-bond acceptors (Lipinski definition) is 3. The highest BCUT2D eigenvalue weighted by Gasteiger charge is 2.40. The second-order valence-electron chi connectivity index (χ2n) is 6.26. The lowest BCUT2D eigenvalue weighted by Crippen LogP contribution is -2.36. The summed E-state index contributed by atoms with van der Waals surface area (Å²) in [6.45, 7) is 12.9. The van der Waals surface area contributed by atoms with Crippen molar-refractivity contribution in [3.63, 3.8) is 0 Å². The third-order valence-electron chi connectivity index (χ3n) is 2.68. The zero-order valence-corrected chi connectivity index (χ0v) is 12.7. The molecule has 4 heteroatoms. The zero-order chi connectivity index (χ0) is 15.2. The van der Waals surface area contributed by atoms with Crippen molar-refractivity contribution < 1.29 is 19.4 Å². The molecular weight excluding hydrogens is 244 g/mol. The third-order valence-corrected chi connectivity index (χ3v) is 2.68. The molecule has 110 valence electrons. The first-order valence-electron chi connectivity index (χ1n) is 6.67. The van der Waals surface area contributed by atoms with Gasteiger partial charge in [0.2, 0.25) is 0 Å². The Labute approximate surface area is 115 Å². The van der Waals surface area contributed by atoms with Gasteiger partial charge in [-0.15, -0.1) is 6.58 Å². The molecule has 0 rings (SSSR count). The number of carbonyl (C=O) groups is 2. The zero-order valence-electron chi connectivity index (χ0n) is 12.7. The highest BCUT2D eigenvalue weighted by atomic mass is 16.6. The van der Waals surface area contributed by atoms with Crippen molar-refractivity contribution in [2.75, 3.05) is 0 Å². The van der Waals surface area contributed by atoms with E-state index in [0.717, 1.165) is 0 Å². The average molecular weight is 271 g/mol. The fraction of sp³-hybridized carbons (Fsp3) is 0.733. The minimum atomic E-state index is -0.702. The molecule has 0 aliphatic heterocycles. The van der Waals surface area contributed by atoms with Gasteiger partial charge in [-0.25, -0.2) is 0 Å². The molecule has 0 unspecified atom stereocenters. The maximum atomic E-state index is 12.2. The van der Waals surface area contributed by atoms with Crippen LogP contribution in [-0.4, -0.2) is 22.6 Å². The Balaban J connectivity index is 5.07. The first-order valence-corrected chi connectivity index (χ1v) is 6.67. The van der Waals surface area contributed by atoms with Gasteiger partial charge in [0, 0.05) is 4.79 Å². The molecule has 0 spiro atoms. The summed E-state index contributed by atoms with van der Waals surface area (Å²) < 4.78 is 5.34. The summed E-state index contributed by atoms with van der Waals surface area (Å²) in [5, 5.41) is 7.38. The summed E-state index contributed by atoms with van der Waals surface area (Å²) in [6.07, 6.45) is 2.47. The lowest BCUT2D eigenvalue weighted by Gasteiger charge is -2.26. The molecule has 0 saturated carbocycles. The standard InChI is InChI=1S/C15H26O4/c1-7-8-11(14(18)19-15(4,5)6)12(13(16)17)9-10(2)3/h7,10-12H,1,8-9H2,2-6H3,(H,16,17)/p+1/t11-,12+/m0/s1. The smallest absolute Gasteiger partial charge is 0.519 e. The van der Waals surface area contributed by atoms with Crippen molar-refractivity contribution in [1.82, 2.24) is 0 Å². The van der Waals surface area contributed by atoms with E-state index in [9.17, 15) is 9.59 Å². The number of hydrogen-bond donors (Lipinski definition) is 0. The Bertz CT molecular complexity index is 326. The summed E-state index contributed by atoms with van der Waals surface area (Å²) in [7, 11) is 0. The van der Waals surface area contributed by atoms with Crippen LogP contribution >= 0.6 is 0 Å². The molecule has 0 fully saturated rings. The molecule has 0 heterocycles. The van der Waals surface area contributed by atoms with Gasteiger partial charge in [0.15, 0.2) is 0 Å². The van der Waals surface area contributed by atoms with Crippen LogP contribution in [0.1, 0.15) is 47.5 Å². The average Bonchev–Trinajstić information content (AvgIpc) is 2.19. The number of allylic oxidation sites excluding steroid dienone is 1. The normalized spacial score (nSPS) is 14.8. The van der Waals surface area contributed by atoms with E-state index in [0.29, 0.717) is 12.8 Å². The van der Waals surface area contributed by atoms with Gasteiger partial charge in [-0.3, -0.25) is 4.79 Å². The Hall–Kier alpha value is -1.32. The molecule has 0 aliphatic carbocycles. The molecule has 19 heavy (non-hydrogen) atoms. The summed E-state index contributed by atoms with van der Waals surface area (Å²) in [6, 6.07) is 0. The Kier molecular flexibility index (Phi) is 6.81. The minimum Gasteiger partial charge on any atom is -0.565 e. The van der Waals surface area contributed by atoms with Crippen molar-refractivity contribution >= 4 is 11.9 Å². The third kappa shape index (κ3) is 6.99. The van der Waals surface area contributed by atoms with Gasteiger partial charge in [-0.05, 0) is 39.5 Å². The quantitative estimate of drug-likeness (QED) is 0.406. The van der Waals surface area contributed by atoms with Crippen LogP contribution in [0, 0.1) is 17.8 Å². The topological polar surface area (TPSA) is 66.3 Å². The second kappa shape index (κ2) is 7.31. The van der Waals surface area contributed by atoms with E-state index in [2.05, 4.69) is 6.58 Å². The Morgan fingerprint density at radius 2 is 1.79 bits per heavy atom. The monoisotopic (exact) mass is 271 g/mol. The van der Waals surface area contributed by atoms with Crippen LogP contribution in [0.15, 0.2) is 12.7 Å². The van der Waals surface area contributed by atoms with Gasteiger partial charge < -0.3 is 9.84 Å². The SMILES string of the molecule is C=CC[C@H](C(=O)OC(C)(C)C)[C@@H](CC(C)C)C(=O)[OH2+]. The summed E-state index contributed by atoms with van der Waals surface area (Å²) in [4.78, 5) is 23.7. The molecule has 0 amide bonds. The highest BCUT2D eigenvalue weighted by Crippen LogP contribution is 2.27. The van der Waals surface area contributed by atoms with Gasteiger partial charge in [-0.2, -0.15) is 0 Å². The number of carbonyl (C=O) groups excluding carboxylic acids is 2. The number of esters is 1. The van der Waals surface area contributed by atoms with Crippen molar-refractivity contribution in [1.29, 1.82) is 0 Å². The number of rotatable bonds is 7. The molecule has 0 aromatic heterocycles. The first kappa shape index (κ1) is 17.7. The molecule has 2 atom stereocenters. The predicted molar refractivity (Wildman–Crippen MR) is 75.7 cm³/mol. The van der Waals surface area contributed by atoms with E-state index < -0.39 is 29.4 Å². The van der Waals surface area contributed by atoms with Crippen LogP contribution in [-0.2, 0) is 14.3 Å². The van der Waals surface area contributed by atoms with Crippen molar-refractivity contribution in [3.05, 3.63) is 12.7 Å². The second-order valence-corrected chi connectivity index (χ2v) is 6.26. The predicted octanol–water partition coefficient (Wildman–Crippen LogP) is 2.43. The van der Waals surface area contributed by atoms with E-state index in [4.69, 9.17) is 9.84 Å². The van der Waals surface area contributed by atoms with E-state index >= 15 is 0 Å². The summed E-state index contributed by atoms with van der Waals surface area (Å²) in [5.41, 5.74) is -0.593. The van der Waals surface area contributed by atoms with E-state index in [1.54, 1.807) is 26.8 Å². The van der Waals surface area contributed by atoms with Gasteiger partial charge in [0.1, 0.15) is 11.5 Å². The van der Waals surface area contributed by atoms with Crippen LogP contribution < -0.4 is 0 Å². The van der Waals surface area contributed by atoms with Crippen LogP contribution in [0.2, 0.25) is 0 Å². The molecule has 0 aliphatic rings. The van der Waals surface area contributed by atoms with Crippen molar-refractivity contribution in [3.8, 4) is 0 Å². The molecule has 2 N–H and O–H groups in total. The fourth-order valence-electron chi connectivity index (χ4n) is 1.94. The highest BCUT2D eigenvalue weighted by molar-refractivity contribution is 5.81. The van der Waals surface area contributed by atoms with Crippen molar-refractivity contribution in [2.45, 2.75) is 53.1 Å². The molecule has 0 aromatic rings. The van der Waals surface area contributed by atoms with E-state index in [1.165, 1.54) is 0 Å². The lowest BCUT2D eigenvalue weighted by molar-refractivity contribution is -0.167. The molecule has 0 saturated heterocycles. The van der Waals surface area contributed by atoms with E-state index in [-0.39, 0.29) is 5.92 Å². The maximum Gasteiger partial charge on any atom is 0.519 e. The fourth-order valence-corrected chi connectivity index (χ4v) is 1.94. The van der Waals surface area contributed by atoms with E-state index in [1.807, 2.05) is 13.8 Å². The van der Waals surface area contributed by atoms with Crippen LogP contribution in [0.25, 0.3) is 0 Å². The molecule has 0 bridgehead atoms.